The summed E-state index contributed by atoms with van der Waals surface area (Å²) < 4.78 is 0. The van der Waals surface area contributed by atoms with Crippen molar-refractivity contribution in [2.75, 3.05) is 26.2 Å². The van der Waals surface area contributed by atoms with Gasteiger partial charge in [-0.2, -0.15) is 0 Å². The van der Waals surface area contributed by atoms with Gasteiger partial charge in [0.1, 0.15) is 0 Å². The third kappa shape index (κ3) is 5.48. The third-order valence-corrected chi connectivity index (χ3v) is 4.24. The summed E-state index contributed by atoms with van der Waals surface area (Å²) in [4.78, 5) is 13.7. The van der Waals surface area contributed by atoms with Crippen molar-refractivity contribution in [3.63, 3.8) is 0 Å². The number of likely N-dealkylation sites (tertiary alicyclic amines) is 1. The monoisotopic (exact) mass is 289 g/mol. The van der Waals surface area contributed by atoms with Gasteiger partial charge in [0, 0.05) is 12.1 Å². The number of nitrogens with zero attached hydrogens (tertiary/aromatic N) is 1. The van der Waals surface area contributed by atoms with Crippen molar-refractivity contribution in [1.82, 2.24) is 10.2 Å². The highest BCUT2D eigenvalue weighted by atomic mass is 16.1. The number of nitrogens with one attached hydrogen (secondary N) is 1. The summed E-state index contributed by atoms with van der Waals surface area (Å²) in [5, 5.41) is 3.44. The van der Waals surface area contributed by atoms with Crippen LogP contribution in [0.25, 0.3) is 0 Å². The van der Waals surface area contributed by atoms with Gasteiger partial charge in [-0.25, -0.2) is 0 Å². The fourth-order valence-electron chi connectivity index (χ4n) is 2.78. The normalized spacial score (nSPS) is 17.0. The minimum Gasteiger partial charge on any atom is -0.366 e. The van der Waals surface area contributed by atoms with Gasteiger partial charge in [-0.1, -0.05) is 19.1 Å². The average molecular weight is 289 g/mol. The van der Waals surface area contributed by atoms with E-state index in [9.17, 15) is 4.79 Å². The molecule has 0 unspecified atom stereocenters. The van der Waals surface area contributed by atoms with Crippen LogP contribution in [-0.4, -0.2) is 37.0 Å². The molecule has 2 rings (SSSR count). The Bertz CT molecular complexity index is 453. The average Bonchev–Trinajstić information content (AvgIpc) is 2.49. The fourth-order valence-corrected chi connectivity index (χ4v) is 2.78. The number of hydrogen-bond donors (Lipinski definition) is 2. The minimum absolute atomic E-state index is 0.365. The van der Waals surface area contributed by atoms with E-state index in [0.29, 0.717) is 5.56 Å². The Balaban J connectivity index is 1.61. The van der Waals surface area contributed by atoms with E-state index in [4.69, 9.17) is 5.73 Å². The third-order valence-electron chi connectivity index (χ3n) is 4.24. The number of benzene rings is 1. The fraction of sp³-hybridized carbons (Fsp3) is 0.588. The molecule has 3 N–H and O–H groups in total. The van der Waals surface area contributed by atoms with Crippen LogP contribution in [0.2, 0.25) is 0 Å². The van der Waals surface area contributed by atoms with E-state index in [1.54, 1.807) is 6.07 Å². The van der Waals surface area contributed by atoms with E-state index in [1.165, 1.54) is 38.9 Å². The number of primary amides is 1. The molecular formula is C17H27N3O. The maximum absolute atomic E-state index is 11.1. The molecule has 1 saturated heterocycles. The second kappa shape index (κ2) is 8.15. The topological polar surface area (TPSA) is 58.4 Å². The summed E-state index contributed by atoms with van der Waals surface area (Å²) in [5.74, 6) is 0.535. The van der Waals surface area contributed by atoms with Crippen LogP contribution in [0, 0.1) is 5.92 Å². The number of carbonyl (C=O) groups excluding carboxylic acids is 1. The Hall–Kier alpha value is -1.39. The second-order valence-electron chi connectivity index (χ2n) is 6.12. The Morgan fingerprint density at radius 2 is 2.14 bits per heavy atom. The van der Waals surface area contributed by atoms with Crippen molar-refractivity contribution in [2.24, 2.45) is 11.7 Å². The molecule has 4 heteroatoms. The molecule has 0 saturated carbocycles. The highest BCUT2D eigenvalue weighted by Crippen LogP contribution is 2.15. The summed E-state index contributed by atoms with van der Waals surface area (Å²) in [5.41, 5.74) is 6.98. The molecular weight excluding hydrogens is 262 g/mol. The number of nitrogens with two attached hydrogens (primary N) is 1. The van der Waals surface area contributed by atoms with Crippen LogP contribution >= 0.6 is 0 Å². The van der Waals surface area contributed by atoms with E-state index in [1.807, 2.05) is 18.2 Å². The Labute approximate surface area is 127 Å². The lowest BCUT2D eigenvalue weighted by atomic mass is 9.99. The van der Waals surface area contributed by atoms with Crippen LogP contribution in [-0.2, 0) is 6.54 Å². The van der Waals surface area contributed by atoms with Gasteiger partial charge in [0.05, 0.1) is 0 Å². The smallest absolute Gasteiger partial charge is 0.248 e. The summed E-state index contributed by atoms with van der Waals surface area (Å²) in [6.07, 6.45) is 3.85. The zero-order valence-electron chi connectivity index (χ0n) is 13.0. The summed E-state index contributed by atoms with van der Waals surface area (Å²) in [6, 6.07) is 7.52. The maximum atomic E-state index is 11.1. The van der Waals surface area contributed by atoms with Crippen molar-refractivity contribution >= 4 is 5.91 Å². The van der Waals surface area contributed by atoms with Gasteiger partial charge in [-0.15, -0.1) is 0 Å². The summed E-state index contributed by atoms with van der Waals surface area (Å²) in [7, 11) is 0. The first-order valence-corrected chi connectivity index (χ1v) is 7.97. The molecule has 21 heavy (non-hydrogen) atoms. The highest BCUT2D eigenvalue weighted by Gasteiger charge is 2.14. The minimum atomic E-state index is -0.365. The van der Waals surface area contributed by atoms with Crippen molar-refractivity contribution in [1.29, 1.82) is 0 Å². The van der Waals surface area contributed by atoms with Crippen molar-refractivity contribution in [3.05, 3.63) is 35.4 Å². The Kier molecular flexibility index (Phi) is 6.21. The van der Waals surface area contributed by atoms with Gasteiger partial charge in [0.2, 0.25) is 5.91 Å². The lowest BCUT2D eigenvalue weighted by molar-refractivity contribution is 0.1000. The first-order chi connectivity index (χ1) is 10.1. The maximum Gasteiger partial charge on any atom is 0.248 e. The van der Waals surface area contributed by atoms with Crippen LogP contribution in [0.3, 0.4) is 0 Å². The van der Waals surface area contributed by atoms with Gasteiger partial charge in [0.25, 0.3) is 0 Å². The van der Waals surface area contributed by atoms with E-state index in [2.05, 4.69) is 17.1 Å². The van der Waals surface area contributed by atoms with E-state index >= 15 is 0 Å². The van der Waals surface area contributed by atoms with Crippen LogP contribution < -0.4 is 11.1 Å². The molecule has 0 bridgehead atoms. The van der Waals surface area contributed by atoms with Crippen molar-refractivity contribution < 1.29 is 4.79 Å². The molecule has 0 spiro atoms. The van der Waals surface area contributed by atoms with E-state index in [0.717, 1.165) is 24.6 Å². The zero-order chi connectivity index (χ0) is 15.1. The van der Waals surface area contributed by atoms with Crippen LogP contribution in [0.5, 0.6) is 0 Å². The van der Waals surface area contributed by atoms with E-state index < -0.39 is 0 Å². The van der Waals surface area contributed by atoms with Crippen LogP contribution in [0.15, 0.2) is 24.3 Å². The van der Waals surface area contributed by atoms with Gasteiger partial charge >= 0.3 is 0 Å². The largest absolute Gasteiger partial charge is 0.366 e. The first kappa shape index (κ1) is 16.0. The molecule has 1 aliphatic rings. The molecule has 1 heterocycles. The standard InChI is InChI=1S/C17H27N3O/c1-14-6-10-20(11-7-14)9-3-8-19-13-15-4-2-5-16(12-15)17(18)21/h2,4-5,12,14,19H,3,6-11,13H2,1H3,(H2,18,21). The molecule has 116 valence electrons. The molecule has 1 aliphatic heterocycles. The molecule has 0 radical (unpaired) electrons. The molecule has 0 atom stereocenters. The number of amides is 1. The van der Waals surface area contributed by atoms with Gasteiger partial charge in [-0.3, -0.25) is 4.79 Å². The molecule has 1 amide bonds. The Morgan fingerprint density at radius 1 is 1.38 bits per heavy atom. The first-order valence-electron chi connectivity index (χ1n) is 7.97. The predicted molar refractivity (Wildman–Crippen MR) is 86.1 cm³/mol. The SMILES string of the molecule is CC1CCN(CCCNCc2cccc(C(N)=O)c2)CC1. The zero-order valence-corrected chi connectivity index (χ0v) is 13.0. The van der Waals surface area contributed by atoms with Gasteiger partial charge in [-0.05, 0) is 69.1 Å². The number of piperidine rings is 1. The lowest BCUT2D eigenvalue weighted by Crippen LogP contribution is -2.34. The quantitative estimate of drug-likeness (QED) is 0.755. The number of rotatable bonds is 7. The van der Waals surface area contributed by atoms with Crippen molar-refractivity contribution in [2.45, 2.75) is 32.7 Å². The number of carbonyl (C=O) groups is 1. The van der Waals surface area contributed by atoms with Crippen LogP contribution in [0.4, 0.5) is 0 Å². The second-order valence-corrected chi connectivity index (χ2v) is 6.12. The van der Waals surface area contributed by atoms with Crippen LogP contribution in [0.1, 0.15) is 42.1 Å². The van der Waals surface area contributed by atoms with E-state index in [-0.39, 0.29) is 5.91 Å². The van der Waals surface area contributed by atoms with Crippen molar-refractivity contribution in [3.8, 4) is 0 Å². The summed E-state index contributed by atoms with van der Waals surface area (Å²) in [6.45, 7) is 7.83. The molecule has 4 nitrogen and oxygen atoms in total. The molecule has 0 aromatic heterocycles. The Morgan fingerprint density at radius 3 is 2.86 bits per heavy atom. The number of hydrogen-bond acceptors (Lipinski definition) is 3. The predicted octanol–water partition coefficient (Wildman–Crippen LogP) is 2.00. The van der Waals surface area contributed by atoms with Gasteiger partial charge < -0.3 is 16.0 Å². The lowest BCUT2D eigenvalue weighted by Gasteiger charge is -2.30. The summed E-state index contributed by atoms with van der Waals surface area (Å²) >= 11 is 0. The van der Waals surface area contributed by atoms with Gasteiger partial charge in [0.15, 0.2) is 0 Å². The molecule has 1 fully saturated rings. The molecule has 1 aromatic rings. The molecule has 0 aliphatic carbocycles. The highest BCUT2D eigenvalue weighted by molar-refractivity contribution is 5.92. The molecule has 1 aromatic carbocycles.